The Hall–Kier alpha value is -0.710. The van der Waals surface area contributed by atoms with Gasteiger partial charge in [-0.2, -0.15) is 0 Å². The lowest BCUT2D eigenvalue weighted by atomic mass is 9.97. The summed E-state index contributed by atoms with van der Waals surface area (Å²) < 4.78 is 4.87. The molecule has 2 N–H and O–H groups in total. The predicted molar refractivity (Wildman–Crippen MR) is 34.8 cm³/mol. The van der Waals surface area contributed by atoms with Crippen LogP contribution in [0.1, 0.15) is 0 Å². The van der Waals surface area contributed by atoms with E-state index in [1.807, 2.05) is 0 Å². The molecule has 4 nitrogen and oxygen atoms in total. The van der Waals surface area contributed by atoms with E-state index < -0.39 is 12.2 Å². The number of rotatable bonds is 1. The molecular weight excluding hydrogens is 148 g/mol. The van der Waals surface area contributed by atoms with Gasteiger partial charge in [0, 0.05) is 5.57 Å². The molecule has 1 saturated heterocycles. The van der Waals surface area contributed by atoms with E-state index in [2.05, 4.69) is 0 Å². The van der Waals surface area contributed by atoms with Crippen LogP contribution in [-0.4, -0.2) is 40.9 Å². The maximum atomic E-state index is 11.1. The highest BCUT2D eigenvalue weighted by atomic mass is 16.6. The summed E-state index contributed by atoms with van der Waals surface area (Å²) in [6.45, 7) is -0.317. The molecule has 4 heteroatoms. The van der Waals surface area contributed by atoms with E-state index in [0.717, 1.165) is 0 Å². The third-order valence-electron chi connectivity index (χ3n) is 1.98. The van der Waals surface area contributed by atoms with E-state index in [9.17, 15) is 9.90 Å². The lowest BCUT2D eigenvalue weighted by molar-refractivity contribution is -0.117. The first-order valence-corrected chi connectivity index (χ1v) is 3.43. The van der Waals surface area contributed by atoms with Crippen molar-refractivity contribution in [2.24, 2.45) is 0 Å². The largest absolute Gasteiger partial charge is 0.392 e. The Morgan fingerprint density at radius 1 is 1.64 bits per heavy atom. The van der Waals surface area contributed by atoms with Crippen LogP contribution in [0.5, 0.6) is 0 Å². The van der Waals surface area contributed by atoms with Gasteiger partial charge in [0.15, 0.2) is 5.78 Å². The number of hydrogen-bond donors (Lipinski definition) is 2. The molecule has 11 heavy (non-hydrogen) atoms. The van der Waals surface area contributed by atoms with Gasteiger partial charge < -0.3 is 14.9 Å². The number of Topliss-reactive ketones (excluding diaryl/α,β-unsaturated/α-hetero) is 1. The first-order valence-electron chi connectivity index (χ1n) is 3.43. The van der Waals surface area contributed by atoms with E-state index in [-0.39, 0.29) is 24.1 Å². The SMILES string of the molecule is O=C1C(CO)=C[C@@H](O)[C@H]2O[C@@H]12. The second-order valence-electron chi connectivity index (χ2n) is 2.73. The first kappa shape index (κ1) is 6.97. The van der Waals surface area contributed by atoms with Crippen molar-refractivity contribution >= 4 is 5.78 Å². The molecule has 0 bridgehead atoms. The monoisotopic (exact) mass is 156 g/mol. The summed E-state index contributed by atoms with van der Waals surface area (Å²) in [7, 11) is 0. The van der Waals surface area contributed by atoms with Crippen molar-refractivity contribution in [3.63, 3.8) is 0 Å². The van der Waals surface area contributed by atoms with E-state index in [4.69, 9.17) is 9.84 Å². The number of fused-ring (bicyclic) bond motifs is 1. The Bertz CT molecular complexity index is 233. The van der Waals surface area contributed by atoms with Crippen molar-refractivity contribution in [1.29, 1.82) is 0 Å². The Kier molecular flexibility index (Phi) is 1.35. The normalized spacial score (nSPS) is 41.5. The van der Waals surface area contributed by atoms with Gasteiger partial charge in [-0.05, 0) is 6.08 Å². The number of ether oxygens (including phenoxy) is 1. The van der Waals surface area contributed by atoms with Crippen LogP contribution in [0.2, 0.25) is 0 Å². The zero-order valence-electron chi connectivity index (χ0n) is 5.73. The molecule has 0 aromatic heterocycles. The van der Waals surface area contributed by atoms with E-state index >= 15 is 0 Å². The molecule has 1 fully saturated rings. The van der Waals surface area contributed by atoms with Gasteiger partial charge in [-0.15, -0.1) is 0 Å². The van der Waals surface area contributed by atoms with Crippen molar-refractivity contribution in [1.82, 2.24) is 0 Å². The van der Waals surface area contributed by atoms with Crippen LogP contribution in [0, 0.1) is 0 Å². The molecule has 3 atom stereocenters. The van der Waals surface area contributed by atoms with Crippen LogP contribution in [-0.2, 0) is 9.53 Å². The molecule has 0 saturated carbocycles. The van der Waals surface area contributed by atoms with Gasteiger partial charge in [0.1, 0.15) is 18.3 Å². The van der Waals surface area contributed by atoms with Crippen LogP contribution < -0.4 is 0 Å². The summed E-state index contributed by atoms with van der Waals surface area (Å²) >= 11 is 0. The second-order valence-corrected chi connectivity index (χ2v) is 2.73. The average Bonchev–Trinajstić information content (AvgIpc) is 2.75. The zero-order chi connectivity index (χ0) is 8.01. The summed E-state index contributed by atoms with van der Waals surface area (Å²) in [5.74, 6) is -0.192. The molecule has 0 radical (unpaired) electrons. The fraction of sp³-hybridized carbons (Fsp3) is 0.571. The second kappa shape index (κ2) is 2.14. The topological polar surface area (TPSA) is 70.1 Å². The third kappa shape index (κ3) is 0.910. The number of ketones is 1. The molecule has 2 rings (SSSR count). The highest BCUT2D eigenvalue weighted by Gasteiger charge is 2.52. The minimum atomic E-state index is -0.722. The van der Waals surface area contributed by atoms with Crippen LogP contribution >= 0.6 is 0 Å². The van der Waals surface area contributed by atoms with Gasteiger partial charge >= 0.3 is 0 Å². The van der Waals surface area contributed by atoms with Crippen LogP contribution in [0.3, 0.4) is 0 Å². The Morgan fingerprint density at radius 2 is 2.36 bits per heavy atom. The lowest BCUT2D eigenvalue weighted by Gasteiger charge is -2.09. The Labute approximate surface area is 63.1 Å². The molecule has 60 valence electrons. The van der Waals surface area contributed by atoms with E-state index in [1.54, 1.807) is 0 Å². The third-order valence-corrected chi connectivity index (χ3v) is 1.98. The summed E-state index contributed by atoms with van der Waals surface area (Å²) in [4.78, 5) is 11.1. The van der Waals surface area contributed by atoms with E-state index in [1.165, 1.54) is 6.08 Å². The standard InChI is InChI=1S/C7H8O4/c8-2-3-1-4(9)6-7(11-6)5(3)10/h1,4,6-9H,2H2/t4-,6-,7+/m1/s1. The van der Waals surface area contributed by atoms with Crippen molar-refractivity contribution < 1.29 is 19.7 Å². The highest BCUT2D eigenvalue weighted by molar-refractivity contribution is 6.02. The smallest absolute Gasteiger partial charge is 0.192 e. The van der Waals surface area contributed by atoms with Gasteiger partial charge in [0.2, 0.25) is 0 Å². The quantitative estimate of drug-likeness (QED) is 0.459. The lowest BCUT2D eigenvalue weighted by Crippen LogP contribution is -2.27. The van der Waals surface area contributed by atoms with Gasteiger partial charge in [0.25, 0.3) is 0 Å². The molecule has 0 spiro atoms. The molecular formula is C7H8O4. The maximum absolute atomic E-state index is 11.1. The minimum absolute atomic E-state index is 0.192. The van der Waals surface area contributed by atoms with Gasteiger partial charge in [-0.1, -0.05) is 0 Å². The molecule has 0 aromatic carbocycles. The van der Waals surface area contributed by atoms with Gasteiger partial charge in [-0.3, -0.25) is 4.79 Å². The van der Waals surface area contributed by atoms with Crippen LogP contribution in [0.25, 0.3) is 0 Å². The fourth-order valence-electron chi connectivity index (χ4n) is 1.29. The molecule has 2 aliphatic rings. The summed E-state index contributed by atoms with van der Waals surface area (Å²) in [5, 5.41) is 17.8. The van der Waals surface area contributed by atoms with E-state index in [0.29, 0.717) is 0 Å². The Morgan fingerprint density at radius 3 is 3.00 bits per heavy atom. The molecule has 1 aliphatic carbocycles. The molecule has 1 heterocycles. The number of carbonyl (C=O) groups excluding carboxylic acids is 1. The van der Waals surface area contributed by atoms with Gasteiger partial charge in [-0.25, -0.2) is 0 Å². The van der Waals surface area contributed by atoms with Gasteiger partial charge in [0.05, 0.1) is 6.61 Å². The van der Waals surface area contributed by atoms with Crippen molar-refractivity contribution in [3.05, 3.63) is 11.6 Å². The predicted octanol–water partition coefficient (Wildman–Crippen LogP) is -1.38. The molecule has 0 unspecified atom stereocenters. The van der Waals surface area contributed by atoms with Crippen LogP contribution in [0.4, 0.5) is 0 Å². The van der Waals surface area contributed by atoms with Crippen molar-refractivity contribution in [2.75, 3.05) is 6.61 Å². The summed E-state index contributed by atoms with van der Waals surface area (Å²) in [5.41, 5.74) is 0.260. The first-order chi connectivity index (χ1) is 5.24. The fourth-order valence-corrected chi connectivity index (χ4v) is 1.29. The maximum Gasteiger partial charge on any atom is 0.192 e. The van der Waals surface area contributed by atoms with Crippen molar-refractivity contribution in [3.8, 4) is 0 Å². The zero-order valence-corrected chi connectivity index (χ0v) is 5.73. The number of hydrogen-bond acceptors (Lipinski definition) is 4. The summed E-state index contributed by atoms with van der Waals surface area (Å²) in [6.07, 6.45) is -0.203. The number of aliphatic hydroxyl groups is 2. The minimum Gasteiger partial charge on any atom is -0.392 e. The number of aliphatic hydroxyl groups excluding tert-OH is 2. The number of epoxide rings is 1. The number of carbonyl (C=O) groups is 1. The molecule has 0 aromatic rings. The highest BCUT2D eigenvalue weighted by Crippen LogP contribution is 2.33. The summed E-state index contributed by atoms with van der Waals surface area (Å²) in [6, 6.07) is 0. The van der Waals surface area contributed by atoms with Crippen LogP contribution in [0.15, 0.2) is 11.6 Å². The van der Waals surface area contributed by atoms with Crippen molar-refractivity contribution in [2.45, 2.75) is 18.3 Å². The Balaban J connectivity index is 2.25. The molecule has 1 aliphatic heterocycles. The average molecular weight is 156 g/mol. The molecule has 0 amide bonds.